The molecule has 10 heteroatoms. The van der Waals surface area contributed by atoms with Crippen molar-refractivity contribution >= 4 is 39.6 Å². The van der Waals surface area contributed by atoms with Gasteiger partial charge in [-0.25, -0.2) is 0 Å². The maximum atomic E-state index is 13.1. The summed E-state index contributed by atoms with van der Waals surface area (Å²) in [6.07, 6.45) is 1.53. The van der Waals surface area contributed by atoms with Gasteiger partial charge in [0.2, 0.25) is 0 Å². The number of piperazine rings is 1. The maximum absolute atomic E-state index is 13.1. The first-order chi connectivity index (χ1) is 17.8. The summed E-state index contributed by atoms with van der Waals surface area (Å²) in [5.41, 5.74) is 11.7. The molecule has 5 rings (SSSR count). The molecule has 3 heterocycles. The molecule has 0 unspecified atom stereocenters. The van der Waals surface area contributed by atoms with Gasteiger partial charge in [0.05, 0.1) is 28.8 Å². The van der Waals surface area contributed by atoms with E-state index in [-0.39, 0.29) is 11.6 Å². The average molecular weight is 501 g/mol. The molecule has 3 N–H and O–H groups in total. The summed E-state index contributed by atoms with van der Waals surface area (Å²) in [6, 6.07) is 13.8. The van der Waals surface area contributed by atoms with Gasteiger partial charge in [-0.05, 0) is 55.8 Å². The van der Waals surface area contributed by atoms with Crippen LogP contribution in [0.5, 0.6) is 0 Å². The Hall–Kier alpha value is -4.44. The number of anilines is 3. The topological polar surface area (TPSA) is 131 Å². The molecule has 37 heavy (non-hydrogen) atoms. The molecule has 0 radical (unpaired) electrons. The first kappa shape index (κ1) is 24.3. The Morgan fingerprint density at radius 1 is 1.11 bits per heavy atom. The first-order valence-electron chi connectivity index (χ1n) is 12.1. The highest BCUT2D eigenvalue weighted by Crippen LogP contribution is 2.28. The van der Waals surface area contributed by atoms with Crippen molar-refractivity contribution < 1.29 is 14.1 Å². The van der Waals surface area contributed by atoms with Gasteiger partial charge in [-0.15, -0.1) is 0 Å². The van der Waals surface area contributed by atoms with Crippen LogP contribution in [-0.4, -0.2) is 46.9 Å². The molecule has 1 saturated heterocycles. The second-order valence-electron chi connectivity index (χ2n) is 9.22. The number of nitro groups is 1. The van der Waals surface area contributed by atoms with Crippen molar-refractivity contribution in [2.24, 2.45) is 0 Å². The highest BCUT2D eigenvalue weighted by Gasteiger charge is 2.22. The minimum atomic E-state index is -0.396. The summed E-state index contributed by atoms with van der Waals surface area (Å²) in [7, 11) is 0. The van der Waals surface area contributed by atoms with Gasteiger partial charge < -0.3 is 20.4 Å². The van der Waals surface area contributed by atoms with Gasteiger partial charge in [0, 0.05) is 66.5 Å². The molecule has 1 amide bonds. The second-order valence-corrected chi connectivity index (χ2v) is 9.22. The number of benzene rings is 2. The number of nitro benzene ring substituents is 1. The maximum Gasteiger partial charge on any atom is 0.269 e. The fourth-order valence-electron chi connectivity index (χ4n) is 4.60. The lowest BCUT2D eigenvalue weighted by atomic mass is 10.1. The van der Waals surface area contributed by atoms with Crippen LogP contribution in [0.1, 0.15) is 27.4 Å². The predicted molar refractivity (Wildman–Crippen MR) is 143 cm³/mol. The molecular weight excluding hydrogens is 472 g/mol. The van der Waals surface area contributed by atoms with Crippen molar-refractivity contribution in [2.45, 2.75) is 20.4 Å². The third kappa shape index (κ3) is 4.96. The Bertz CT molecular complexity index is 1470. The SMILES string of the molecule is Cc1nc2ccc(NC(=O)c3ccoc3CN3CCN(c4ccc([N+](=O)[O-])cc4)CC3)cc2c(N)c1C. The summed E-state index contributed by atoms with van der Waals surface area (Å²) >= 11 is 0. The van der Waals surface area contributed by atoms with Gasteiger partial charge in [0.1, 0.15) is 5.76 Å². The second kappa shape index (κ2) is 9.90. The molecule has 0 aliphatic carbocycles. The number of nitrogens with one attached hydrogen (secondary N) is 1. The van der Waals surface area contributed by atoms with Crippen molar-refractivity contribution in [3.8, 4) is 0 Å². The number of non-ortho nitro benzene ring substituents is 1. The van der Waals surface area contributed by atoms with Crippen LogP contribution in [0.4, 0.5) is 22.7 Å². The van der Waals surface area contributed by atoms with E-state index in [0.717, 1.165) is 54.0 Å². The van der Waals surface area contributed by atoms with Crippen LogP contribution >= 0.6 is 0 Å². The standard InChI is InChI=1S/C27H28N6O4/c1-17-18(2)29-24-8-3-19(15-23(24)26(17)28)30-27(34)22-9-14-37-25(22)16-31-10-12-32(13-11-31)20-4-6-21(7-5-20)33(35)36/h3-9,14-15H,10-13,16H2,1-2H3,(H2,28,29)(H,30,34). The molecule has 0 bridgehead atoms. The molecule has 1 aliphatic rings. The van der Waals surface area contributed by atoms with Crippen LogP contribution in [0.15, 0.2) is 59.2 Å². The van der Waals surface area contributed by atoms with E-state index in [1.807, 2.05) is 32.0 Å². The summed E-state index contributed by atoms with van der Waals surface area (Å²) in [4.78, 5) is 32.6. The van der Waals surface area contributed by atoms with E-state index in [1.54, 1.807) is 18.2 Å². The van der Waals surface area contributed by atoms with Gasteiger partial charge in [-0.3, -0.25) is 24.8 Å². The highest BCUT2D eigenvalue weighted by molar-refractivity contribution is 6.06. The van der Waals surface area contributed by atoms with Crippen LogP contribution < -0.4 is 16.0 Å². The van der Waals surface area contributed by atoms with Gasteiger partial charge in [-0.1, -0.05) is 0 Å². The number of nitrogens with zero attached hydrogens (tertiary/aromatic N) is 4. The van der Waals surface area contributed by atoms with Crippen LogP contribution in [0.25, 0.3) is 10.9 Å². The third-order valence-electron chi connectivity index (χ3n) is 6.93. The fourth-order valence-corrected chi connectivity index (χ4v) is 4.60. The van der Waals surface area contributed by atoms with Gasteiger partial charge >= 0.3 is 0 Å². The number of hydrogen-bond acceptors (Lipinski definition) is 8. The predicted octanol–water partition coefficient (Wildman–Crippen LogP) is 4.51. The highest BCUT2D eigenvalue weighted by atomic mass is 16.6. The molecular formula is C27H28N6O4. The zero-order valence-corrected chi connectivity index (χ0v) is 20.7. The minimum absolute atomic E-state index is 0.0834. The van der Waals surface area contributed by atoms with Crippen LogP contribution in [0.3, 0.4) is 0 Å². The van der Waals surface area contributed by atoms with Crippen molar-refractivity contribution in [1.82, 2.24) is 9.88 Å². The first-order valence-corrected chi connectivity index (χ1v) is 12.1. The lowest BCUT2D eigenvalue weighted by molar-refractivity contribution is -0.384. The number of furan rings is 1. The zero-order valence-electron chi connectivity index (χ0n) is 20.7. The largest absolute Gasteiger partial charge is 0.467 e. The number of aromatic nitrogens is 1. The molecule has 190 valence electrons. The van der Waals surface area contributed by atoms with E-state index in [0.29, 0.717) is 29.2 Å². The summed E-state index contributed by atoms with van der Waals surface area (Å²) in [5, 5.41) is 14.7. The van der Waals surface area contributed by atoms with Gasteiger partial charge in [0.25, 0.3) is 11.6 Å². The number of carbonyl (C=O) groups excluding carboxylic acids is 1. The molecule has 0 saturated carbocycles. The van der Waals surface area contributed by atoms with E-state index in [1.165, 1.54) is 18.4 Å². The van der Waals surface area contributed by atoms with Crippen LogP contribution in [0, 0.1) is 24.0 Å². The summed E-state index contributed by atoms with van der Waals surface area (Å²) < 4.78 is 5.68. The average Bonchev–Trinajstić information content (AvgIpc) is 3.36. The van der Waals surface area contributed by atoms with Gasteiger partial charge in [-0.2, -0.15) is 0 Å². The molecule has 2 aromatic heterocycles. The van der Waals surface area contributed by atoms with Crippen molar-refractivity contribution in [3.05, 3.63) is 87.5 Å². The van der Waals surface area contributed by atoms with Crippen LogP contribution in [0.2, 0.25) is 0 Å². The molecule has 10 nitrogen and oxygen atoms in total. The fraction of sp³-hybridized carbons (Fsp3) is 0.259. The summed E-state index contributed by atoms with van der Waals surface area (Å²) in [6.45, 7) is 7.46. The number of aryl methyl sites for hydroxylation is 1. The molecule has 1 aliphatic heterocycles. The normalized spacial score (nSPS) is 14.2. The quantitative estimate of drug-likeness (QED) is 0.292. The smallest absolute Gasteiger partial charge is 0.269 e. The monoisotopic (exact) mass is 500 g/mol. The number of pyridine rings is 1. The Labute approximate surface area is 213 Å². The third-order valence-corrected chi connectivity index (χ3v) is 6.93. The van der Waals surface area contributed by atoms with Crippen molar-refractivity contribution in [1.29, 1.82) is 0 Å². The molecule has 4 aromatic rings. The summed E-state index contributed by atoms with van der Waals surface area (Å²) in [5.74, 6) is 0.359. The number of amides is 1. The van der Waals surface area contributed by atoms with Crippen molar-refractivity contribution in [3.63, 3.8) is 0 Å². The Kier molecular flexibility index (Phi) is 6.49. The minimum Gasteiger partial charge on any atom is -0.467 e. The number of hydrogen-bond donors (Lipinski definition) is 2. The van der Waals surface area contributed by atoms with Crippen LogP contribution in [-0.2, 0) is 6.54 Å². The molecule has 1 fully saturated rings. The molecule has 0 atom stereocenters. The van der Waals surface area contributed by atoms with E-state index in [2.05, 4.69) is 20.1 Å². The Morgan fingerprint density at radius 2 is 1.84 bits per heavy atom. The zero-order chi connectivity index (χ0) is 26.1. The molecule has 2 aromatic carbocycles. The van der Waals surface area contributed by atoms with Gasteiger partial charge in [0.15, 0.2) is 0 Å². The number of nitrogens with two attached hydrogens (primary N) is 1. The van der Waals surface area contributed by atoms with E-state index in [9.17, 15) is 14.9 Å². The lowest BCUT2D eigenvalue weighted by Crippen LogP contribution is -2.46. The lowest BCUT2D eigenvalue weighted by Gasteiger charge is -2.35. The number of nitrogen functional groups attached to an aromatic ring is 1. The molecule has 0 spiro atoms. The van der Waals surface area contributed by atoms with E-state index in [4.69, 9.17) is 10.2 Å². The number of fused-ring (bicyclic) bond motifs is 1. The Morgan fingerprint density at radius 3 is 2.54 bits per heavy atom. The number of rotatable bonds is 6. The van der Waals surface area contributed by atoms with E-state index < -0.39 is 4.92 Å². The van der Waals surface area contributed by atoms with E-state index >= 15 is 0 Å². The number of carbonyl (C=O) groups is 1. The Balaban J connectivity index is 1.23. The van der Waals surface area contributed by atoms with Crippen molar-refractivity contribution in [2.75, 3.05) is 42.1 Å².